The van der Waals surface area contributed by atoms with Crippen molar-refractivity contribution in [2.45, 2.75) is 58.3 Å². The van der Waals surface area contributed by atoms with Crippen molar-refractivity contribution in [1.82, 2.24) is 4.90 Å². The fourth-order valence-electron chi connectivity index (χ4n) is 3.82. The Morgan fingerprint density at radius 3 is 2.47 bits per heavy atom. The molecule has 0 radical (unpaired) electrons. The van der Waals surface area contributed by atoms with Crippen LogP contribution in [0.4, 0.5) is 0 Å². The zero-order valence-corrected chi connectivity index (χ0v) is 10.6. The molecule has 1 saturated heterocycles. The molecule has 1 aliphatic heterocycles. The summed E-state index contributed by atoms with van der Waals surface area (Å²) in [6.45, 7) is 5.23. The highest BCUT2D eigenvalue weighted by Gasteiger charge is 2.36. The van der Waals surface area contributed by atoms with Gasteiger partial charge in [-0.15, -0.1) is 0 Å². The van der Waals surface area contributed by atoms with Gasteiger partial charge >= 0.3 is 0 Å². The molecule has 1 heterocycles. The van der Waals surface area contributed by atoms with Gasteiger partial charge in [-0.25, -0.2) is 0 Å². The second-order valence-electron chi connectivity index (χ2n) is 6.18. The molecule has 1 aliphatic carbocycles. The molecule has 0 bridgehead atoms. The summed E-state index contributed by atoms with van der Waals surface area (Å²) in [4.78, 5) is 2.57. The van der Waals surface area contributed by atoms with Crippen LogP contribution in [0.2, 0.25) is 0 Å². The maximum Gasteiger partial charge on any atom is 0.00349 e. The van der Waals surface area contributed by atoms with Gasteiger partial charge in [0.25, 0.3) is 0 Å². The fourth-order valence-corrected chi connectivity index (χ4v) is 3.82. The van der Waals surface area contributed by atoms with Gasteiger partial charge in [-0.1, -0.05) is 32.6 Å². The molecule has 1 unspecified atom stereocenters. The van der Waals surface area contributed by atoms with Crippen molar-refractivity contribution in [3.8, 4) is 0 Å². The lowest BCUT2D eigenvalue weighted by molar-refractivity contribution is 0.0932. The Hall–Kier alpha value is -0.0400. The van der Waals surface area contributed by atoms with Gasteiger partial charge in [-0.05, 0) is 50.6 Å². The maximum atomic E-state index is 2.57. The molecule has 1 saturated carbocycles. The number of hydrogen-bond acceptors (Lipinski definition) is 1. The second kappa shape index (κ2) is 4.86. The molecule has 1 heteroatoms. The molecule has 0 amide bonds. The molecule has 1 nitrogen and oxygen atoms in total. The maximum absolute atomic E-state index is 2.57. The first-order chi connectivity index (χ1) is 7.21. The van der Waals surface area contributed by atoms with Crippen LogP contribution in [0.1, 0.15) is 58.3 Å². The van der Waals surface area contributed by atoms with Crippen LogP contribution in [0.5, 0.6) is 0 Å². The third-order valence-electron chi connectivity index (χ3n) is 4.76. The van der Waals surface area contributed by atoms with E-state index in [2.05, 4.69) is 18.9 Å². The summed E-state index contributed by atoms with van der Waals surface area (Å²) in [6, 6.07) is 0. The predicted molar refractivity (Wildman–Crippen MR) is 66.0 cm³/mol. The molecule has 88 valence electrons. The molecule has 0 spiro atoms. The first-order valence-corrected chi connectivity index (χ1v) is 6.89. The molecule has 0 N–H and O–H groups in total. The van der Waals surface area contributed by atoms with Crippen LogP contribution >= 0.6 is 0 Å². The lowest BCUT2D eigenvalue weighted by Crippen LogP contribution is -2.38. The van der Waals surface area contributed by atoms with Gasteiger partial charge in [-0.3, -0.25) is 0 Å². The van der Waals surface area contributed by atoms with Crippen LogP contribution in [-0.4, -0.2) is 25.0 Å². The van der Waals surface area contributed by atoms with Gasteiger partial charge < -0.3 is 4.90 Å². The molecule has 0 aromatic carbocycles. The Balaban J connectivity index is 2.01. The molecular weight excluding hydrogens is 182 g/mol. The lowest BCUT2D eigenvalue weighted by atomic mass is 9.67. The van der Waals surface area contributed by atoms with Crippen LogP contribution in [0.25, 0.3) is 0 Å². The molecule has 0 aromatic rings. The van der Waals surface area contributed by atoms with Crippen LogP contribution in [0.15, 0.2) is 0 Å². The largest absolute Gasteiger partial charge is 0.306 e. The van der Waals surface area contributed by atoms with E-state index >= 15 is 0 Å². The lowest BCUT2D eigenvalue weighted by Gasteiger charge is -2.41. The Bertz CT molecular complexity index is 196. The zero-order valence-electron chi connectivity index (χ0n) is 10.6. The third-order valence-corrected chi connectivity index (χ3v) is 4.76. The number of likely N-dealkylation sites (tertiary alicyclic amines) is 1. The van der Waals surface area contributed by atoms with Gasteiger partial charge in [0.1, 0.15) is 0 Å². The Labute approximate surface area is 95.2 Å². The van der Waals surface area contributed by atoms with Gasteiger partial charge in [-0.2, -0.15) is 0 Å². The highest BCUT2D eigenvalue weighted by Crippen LogP contribution is 2.43. The van der Waals surface area contributed by atoms with Crippen LogP contribution in [0.3, 0.4) is 0 Å². The Kier molecular flexibility index (Phi) is 3.71. The van der Waals surface area contributed by atoms with Gasteiger partial charge in [0, 0.05) is 6.54 Å². The van der Waals surface area contributed by atoms with Crippen molar-refractivity contribution in [2.24, 2.45) is 11.3 Å². The van der Waals surface area contributed by atoms with E-state index in [1.807, 2.05) is 0 Å². The monoisotopic (exact) mass is 209 g/mol. The quantitative estimate of drug-likeness (QED) is 0.636. The van der Waals surface area contributed by atoms with Crippen molar-refractivity contribution >= 4 is 0 Å². The third kappa shape index (κ3) is 2.75. The Morgan fingerprint density at radius 1 is 1.00 bits per heavy atom. The first-order valence-electron chi connectivity index (χ1n) is 6.89. The molecule has 2 rings (SSSR count). The van der Waals surface area contributed by atoms with E-state index in [0.29, 0.717) is 5.41 Å². The summed E-state index contributed by atoms with van der Waals surface area (Å²) in [5, 5.41) is 0. The summed E-state index contributed by atoms with van der Waals surface area (Å²) < 4.78 is 0. The van der Waals surface area contributed by atoms with E-state index in [4.69, 9.17) is 0 Å². The summed E-state index contributed by atoms with van der Waals surface area (Å²) in [7, 11) is 2.31. The van der Waals surface area contributed by atoms with Crippen molar-refractivity contribution < 1.29 is 0 Å². The van der Waals surface area contributed by atoms with E-state index in [9.17, 15) is 0 Å². The van der Waals surface area contributed by atoms with E-state index in [1.54, 1.807) is 0 Å². The number of rotatable bonds is 1. The highest BCUT2D eigenvalue weighted by atomic mass is 15.1. The van der Waals surface area contributed by atoms with Crippen molar-refractivity contribution in [1.29, 1.82) is 0 Å². The highest BCUT2D eigenvalue weighted by molar-refractivity contribution is 4.88. The topological polar surface area (TPSA) is 3.24 Å². The zero-order chi connectivity index (χ0) is 10.7. The SMILES string of the molecule is CN1CCCCC(C)(C2CCCCC2)C1. The summed E-state index contributed by atoms with van der Waals surface area (Å²) >= 11 is 0. The van der Waals surface area contributed by atoms with E-state index in [-0.39, 0.29) is 0 Å². The van der Waals surface area contributed by atoms with Crippen LogP contribution in [0, 0.1) is 11.3 Å². The molecular formula is C14H27N. The van der Waals surface area contributed by atoms with E-state index < -0.39 is 0 Å². The smallest absolute Gasteiger partial charge is 0.00349 e. The van der Waals surface area contributed by atoms with Crippen molar-refractivity contribution in [3.63, 3.8) is 0 Å². The number of hydrogen-bond donors (Lipinski definition) is 0. The molecule has 0 aromatic heterocycles. The van der Waals surface area contributed by atoms with E-state index in [0.717, 1.165) is 5.92 Å². The normalized spacial score (nSPS) is 36.4. The average Bonchev–Trinajstić information content (AvgIpc) is 2.42. The van der Waals surface area contributed by atoms with E-state index in [1.165, 1.54) is 64.5 Å². The second-order valence-corrected chi connectivity index (χ2v) is 6.18. The van der Waals surface area contributed by atoms with Gasteiger partial charge in [0.05, 0.1) is 0 Å². The molecule has 2 fully saturated rings. The standard InChI is InChI=1S/C14H27N/c1-14(13-8-4-3-5-9-13)10-6-7-11-15(2)12-14/h13H,3-12H2,1-2H3. The minimum Gasteiger partial charge on any atom is -0.306 e. The fraction of sp³-hybridized carbons (Fsp3) is 1.00. The number of nitrogens with zero attached hydrogens (tertiary/aromatic N) is 1. The minimum absolute atomic E-state index is 0.631. The average molecular weight is 209 g/mol. The summed E-state index contributed by atoms with van der Waals surface area (Å²) in [5.74, 6) is 1.02. The molecule has 15 heavy (non-hydrogen) atoms. The van der Waals surface area contributed by atoms with Crippen LogP contribution in [-0.2, 0) is 0 Å². The predicted octanol–water partition coefficient (Wildman–Crippen LogP) is 3.69. The van der Waals surface area contributed by atoms with Crippen LogP contribution < -0.4 is 0 Å². The summed E-state index contributed by atoms with van der Waals surface area (Å²) in [5.41, 5.74) is 0.631. The van der Waals surface area contributed by atoms with Crippen molar-refractivity contribution in [3.05, 3.63) is 0 Å². The first kappa shape index (κ1) is 11.4. The Morgan fingerprint density at radius 2 is 1.73 bits per heavy atom. The van der Waals surface area contributed by atoms with Gasteiger partial charge in [0.2, 0.25) is 0 Å². The van der Waals surface area contributed by atoms with Crippen molar-refractivity contribution in [2.75, 3.05) is 20.1 Å². The van der Waals surface area contributed by atoms with Gasteiger partial charge in [0.15, 0.2) is 0 Å². The molecule has 1 atom stereocenters. The minimum atomic E-state index is 0.631. The summed E-state index contributed by atoms with van der Waals surface area (Å²) in [6.07, 6.45) is 11.8. The molecule has 2 aliphatic rings.